The molecule has 0 atom stereocenters. The van der Waals surface area contributed by atoms with Gasteiger partial charge in [-0.2, -0.15) is 0 Å². The third-order valence-electron chi connectivity index (χ3n) is 4.14. The van der Waals surface area contributed by atoms with Gasteiger partial charge in [0.1, 0.15) is 12.2 Å². The third-order valence-corrected chi connectivity index (χ3v) is 4.14. The number of pyridine rings is 1. The van der Waals surface area contributed by atoms with Gasteiger partial charge in [-0.1, -0.05) is 42.5 Å². The van der Waals surface area contributed by atoms with Crippen LogP contribution < -0.4 is 4.74 Å². The van der Waals surface area contributed by atoms with Gasteiger partial charge < -0.3 is 14.4 Å². The average Bonchev–Trinajstić information content (AvgIpc) is 2.66. The molecule has 5 nitrogen and oxygen atoms in total. The molecule has 0 unspecified atom stereocenters. The molecule has 1 aromatic heterocycles. The first-order chi connectivity index (χ1) is 12.9. The third kappa shape index (κ3) is 5.58. The second kappa shape index (κ2) is 8.25. The van der Waals surface area contributed by atoms with Crippen molar-refractivity contribution in [3.05, 3.63) is 65.9 Å². The predicted octanol–water partition coefficient (Wildman–Crippen LogP) is 4.68. The van der Waals surface area contributed by atoms with Gasteiger partial charge in [-0.15, -0.1) is 0 Å². The van der Waals surface area contributed by atoms with Crippen molar-refractivity contribution in [2.75, 3.05) is 13.1 Å². The van der Waals surface area contributed by atoms with Crippen LogP contribution in [0.3, 0.4) is 0 Å². The normalized spacial score (nSPS) is 14.5. The van der Waals surface area contributed by atoms with Gasteiger partial charge in [0.15, 0.2) is 0 Å². The molecule has 3 rings (SSSR count). The Kier molecular flexibility index (Phi) is 5.79. The van der Waals surface area contributed by atoms with Gasteiger partial charge in [0.2, 0.25) is 5.88 Å². The molecule has 1 aliphatic rings. The van der Waals surface area contributed by atoms with Gasteiger partial charge in [0, 0.05) is 19.2 Å². The smallest absolute Gasteiger partial charge is 0.410 e. The number of rotatable bonds is 4. The molecule has 1 aromatic carbocycles. The maximum absolute atomic E-state index is 12.2. The predicted molar refractivity (Wildman–Crippen MR) is 105 cm³/mol. The highest BCUT2D eigenvalue weighted by atomic mass is 16.6. The summed E-state index contributed by atoms with van der Waals surface area (Å²) in [5, 5.41) is 0. The summed E-state index contributed by atoms with van der Waals surface area (Å²) in [7, 11) is 0. The van der Waals surface area contributed by atoms with E-state index < -0.39 is 5.60 Å². The van der Waals surface area contributed by atoms with Crippen molar-refractivity contribution in [1.82, 2.24) is 9.88 Å². The summed E-state index contributed by atoms with van der Waals surface area (Å²) in [6.07, 6.45) is 2.51. The Bertz CT molecular complexity index is 810. The van der Waals surface area contributed by atoms with Crippen LogP contribution in [0.2, 0.25) is 0 Å². The van der Waals surface area contributed by atoms with Gasteiger partial charge in [-0.05, 0) is 44.4 Å². The highest BCUT2D eigenvalue weighted by molar-refractivity contribution is 5.72. The summed E-state index contributed by atoms with van der Waals surface area (Å²) in [6.45, 7) is 7.27. The summed E-state index contributed by atoms with van der Waals surface area (Å²) >= 11 is 0. The molecule has 0 fully saturated rings. The monoisotopic (exact) mass is 366 g/mol. The number of nitrogens with zero attached hydrogens (tertiary/aromatic N) is 2. The summed E-state index contributed by atoms with van der Waals surface area (Å²) in [6, 6.07) is 15.8. The zero-order valence-corrected chi connectivity index (χ0v) is 16.1. The van der Waals surface area contributed by atoms with E-state index in [0.29, 0.717) is 25.6 Å². The zero-order chi connectivity index (χ0) is 19.3. The SMILES string of the molecule is CC(C)(C)OC(=O)N1CC=C(c2cccc(OCc3ccccc3)n2)CC1. The van der Waals surface area contributed by atoms with E-state index in [0.717, 1.165) is 23.3 Å². The molecule has 0 bridgehead atoms. The fourth-order valence-corrected chi connectivity index (χ4v) is 2.80. The number of carbonyl (C=O) groups excluding carboxylic acids is 1. The molecular formula is C22H26N2O3. The molecule has 0 radical (unpaired) electrons. The minimum Gasteiger partial charge on any atom is -0.473 e. The summed E-state index contributed by atoms with van der Waals surface area (Å²) in [5.74, 6) is 0.604. The van der Waals surface area contributed by atoms with E-state index in [1.807, 2.05) is 75.4 Å². The minimum atomic E-state index is -0.479. The van der Waals surface area contributed by atoms with Crippen LogP contribution in [0.4, 0.5) is 4.79 Å². The molecule has 0 saturated heterocycles. The number of amides is 1. The minimum absolute atomic E-state index is 0.272. The van der Waals surface area contributed by atoms with E-state index in [9.17, 15) is 4.79 Å². The van der Waals surface area contributed by atoms with Crippen molar-refractivity contribution >= 4 is 11.7 Å². The first kappa shape index (κ1) is 19.0. The van der Waals surface area contributed by atoms with Gasteiger partial charge in [0.05, 0.1) is 5.69 Å². The van der Waals surface area contributed by atoms with Gasteiger partial charge >= 0.3 is 6.09 Å². The largest absolute Gasteiger partial charge is 0.473 e. The van der Waals surface area contributed by atoms with E-state index >= 15 is 0 Å². The molecule has 2 aromatic rings. The lowest BCUT2D eigenvalue weighted by Crippen LogP contribution is -2.39. The fraction of sp³-hybridized carbons (Fsp3) is 0.364. The number of carbonyl (C=O) groups is 1. The lowest BCUT2D eigenvalue weighted by atomic mass is 10.0. The molecule has 0 spiro atoms. The highest BCUT2D eigenvalue weighted by Gasteiger charge is 2.24. The van der Waals surface area contributed by atoms with E-state index in [4.69, 9.17) is 9.47 Å². The van der Waals surface area contributed by atoms with Gasteiger partial charge in [-0.25, -0.2) is 9.78 Å². The Labute approximate surface area is 160 Å². The van der Waals surface area contributed by atoms with Crippen LogP contribution in [-0.2, 0) is 11.3 Å². The second-order valence-electron chi connectivity index (χ2n) is 7.54. The van der Waals surface area contributed by atoms with E-state index in [1.165, 1.54) is 0 Å². The number of benzene rings is 1. The summed E-state index contributed by atoms with van der Waals surface area (Å²) in [5.41, 5.74) is 2.64. The van der Waals surface area contributed by atoms with Crippen molar-refractivity contribution in [1.29, 1.82) is 0 Å². The Morgan fingerprint density at radius 3 is 2.56 bits per heavy atom. The van der Waals surface area contributed by atoms with Crippen molar-refractivity contribution in [3.63, 3.8) is 0 Å². The molecule has 0 N–H and O–H groups in total. The Hall–Kier alpha value is -2.82. The zero-order valence-electron chi connectivity index (χ0n) is 16.1. The van der Waals surface area contributed by atoms with E-state index in [-0.39, 0.29) is 6.09 Å². The van der Waals surface area contributed by atoms with Crippen molar-refractivity contribution in [3.8, 4) is 5.88 Å². The van der Waals surface area contributed by atoms with E-state index in [1.54, 1.807) is 4.90 Å². The van der Waals surface area contributed by atoms with Crippen LogP contribution in [0.5, 0.6) is 5.88 Å². The molecule has 2 heterocycles. The van der Waals surface area contributed by atoms with Crippen LogP contribution in [-0.4, -0.2) is 34.7 Å². The van der Waals surface area contributed by atoms with Gasteiger partial charge in [0.25, 0.3) is 0 Å². The first-order valence-electron chi connectivity index (χ1n) is 9.22. The lowest BCUT2D eigenvalue weighted by molar-refractivity contribution is 0.0270. The summed E-state index contributed by atoms with van der Waals surface area (Å²) in [4.78, 5) is 18.5. The Morgan fingerprint density at radius 2 is 1.89 bits per heavy atom. The Morgan fingerprint density at radius 1 is 1.11 bits per heavy atom. The molecule has 0 aliphatic carbocycles. The maximum Gasteiger partial charge on any atom is 0.410 e. The standard InChI is InChI=1S/C22H26N2O3/c1-22(2,3)27-21(25)24-14-12-18(13-15-24)19-10-7-11-20(23-19)26-16-17-8-5-4-6-9-17/h4-12H,13-16H2,1-3H3. The van der Waals surface area contributed by atoms with Crippen LogP contribution in [0, 0.1) is 0 Å². The molecular weight excluding hydrogens is 340 g/mol. The van der Waals surface area contributed by atoms with Crippen molar-refractivity contribution in [2.24, 2.45) is 0 Å². The molecule has 27 heavy (non-hydrogen) atoms. The van der Waals surface area contributed by atoms with Crippen LogP contribution >= 0.6 is 0 Å². The first-order valence-corrected chi connectivity index (χ1v) is 9.22. The van der Waals surface area contributed by atoms with Crippen LogP contribution in [0.25, 0.3) is 5.57 Å². The number of hydrogen-bond donors (Lipinski definition) is 0. The Balaban J connectivity index is 1.61. The number of hydrogen-bond acceptors (Lipinski definition) is 4. The summed E-state index contributed by atoms with van der Waals surface area (Å²) < 4.78 is 11.2. The van der Waals surface area contributed by atoms with Gasteiger partial charge in [-0.3, -0.25) is 0 Å². The molecule has 142 valence electrons. The fourth-order valence-electron chi connectivity index (χ4n) is 2.80. The van der Waals surface area contributed by atoms with Crippen LogP contribution in [0.15, 0.2) is 54.6 Å². The lowest BCUT2D eigenvalue weighted by Gasteiger charge is -2.29. The number of aromatic nitrogens is 1. The van der Waals surface area contributed by atoms with Crippen molar-refractivity contribution in [2.45, 2.75) is 39.4 Å². The molecule has 1 amide bonds. The molecule has 5 heteroatoms. The highest BCUT2D eigenvalue weighted by Crippen LogP contribution is 2.24. The molecule has 1 aliphatic heterocycles. The van der Waals surface area contributed by atoms with Crippen molar-refractivity contribution < 1.29 is 14.3 Å². The van der Waals surface area contributed by atoms with Crippen LogP contribution in [0.1, 0.15) is 38.4 Å². The topological polar surface area (TPSA) is 51.7 Å². The average molecular weight is 366 g/mol. The maximum atomic E-state index is 12.2. The second-order valence-corrected chi connectivity index (χ2v) is 7.54. The molecule has 0 saturated carbocycles. The van der Waals surface area contributed by atoms with E-state index in [2.05, 4.69) is 4.98 Å². The quantitative estimate of drug-likeness (QED) is 0.788. The number of ether oxygens (including phenoxy) is 2.